The zero-order valence-corrected chi connectivity index (χ0v) is 36.1. The largest absolute Gasteiger partial charge is 0.147 e. The summed E-state index contributed by atoms with van der Waals surface area (Å²) in [6.45, 7) is 25.8. The SMILES string of the molecule is CC1=Cc2c(-c3ccc(C)c(C)c3C)ccc(C)c2[CH]1[Zr]([CH3])([CH3])(=[SiH2])[CH]1C(C(C)C)=Cc2c(-c3ccc(C)c(C)c3C)cccc21.Cl.Cl. The van der Waals surface area contributed by atoms with Crippen molar-refractivity contribution in [1.29, 1.82) is 0 Å². The second-order valence-electron chi connectivity index (χ2n) is 15.9. The van der Waals surface area contributed by atoms with E-state index in [1.54, 1.807) is 22.3 Å². The van der Waals surface area contributed by atoms with Crippen LogP contribution < -0.4 is 0 Å². The molecular weight excluding hydrogens is 707 g/mol. The summed E-state index contributed by atoms with van der Waals surface area (Å²) in [6, 6.07) is 21.4. The van der Waals surface area contributed by atoms with Gasteiger partial charge in [0.15, 0.2) is 0 Å². The fourth-order valence-electron chi connectivity index (χ4n) is 9.16. The smallest absolute Gasteiger partial charge is 0.147 e. The number of aryl methyl sites for hydroxylation is 3. The molecule has 2 atom stereocenters. The minimum atomic E-state index is -3.71. The van der Waals surface area contributed by atoms with Gasteiger partial charge in [-0.25, -0.2) is 0 Å². The number of hydrogen-bond donors (Lipinski definition) is 0. The minimum absolute atomic E-state index is 0. The molecule has 6 rings (SSSR count). The summed E-state index contributed by atoms with van der Waals surface area (Å²) in [5.41, 5.74) is 24.8. The molecule has 0 aliphatic heterocycles. The molecule has 0 saturated heterocycles. The minimum Gasteiger partial charge on any atom is -0.147 e. The van der Waals surface area contributed by atoms with Gasteiger partial charge in [-0.15, -0.1) is 24.8 Å². The molecule has 0 nitrogen and oxygen atoms in total. The third-order valence-corrected chi connectivity index (χ3v) is 29.5. The van der Waals surface area contributed by atoms with E-state index in [0.717, 1.165) is 0 Å². The normalized spacial score (nSPS) is 17.1. The number of benzene rings is 4. The first-order chi connectivity index (χ1) is 21.0. The number of fused-ring (bicyclic) bond motifs is 2. The quantitative estimate of drug-likeness (QED) is 0.178. The van der Waals surface area contributed by atoms with Crippen LogP contribution in [-0.2, 0) is 17.4 Å². The van der Waals surface area contributed by atoms with Gasteiger partial charge in [-0.1, -0.05) is 0 Å². The molecule has 4 aromatic carbocycles. The second-order valence-corrected chi connectivity index (χ2v) is 46.4. The van der Waals surface area contributed by atoms with Gasteiger partial charge < -0.3 is 0 Å². The Labute approximate surface area is 299 Å². The van der Waals surface area contributed by atoms with Crippen molar-refractivity contribution >= 4 is 43.8 Å². The van der Waals surface area contributed by atoms with Gasteiger partial charge in [-0.05, 0) is 0 Å². The first-order valence-electron chi connectivity index (χ1n) is 16.9. The molecule has 0 amide bonds. The van der Waals surface area contributed by atoms with Crippen molar-refractivity contribution < 1.29 is 17.4 Å². The molecule has 4 aromatic rings. The summed E-state index contributed by atoms with van der Waals surface area (Å²) in [5, 5.41) is 0. The molecule has 0 N–H and O–H groups in total. The molecule has 4 heteroatoms. The van der Waals surface area contributed by atoms with Gasteiger partial charge in [0.25, 0.3) is 0 Å². The van der Waals surface area contributed by atoms with Crippen molar-refractivity contribution in [3.05, 3.63) is 127 Å². The van der Waals surface area contributed by atoms with Crippen LogP contribution in [-0.4, -0.2) is 6.88 Å². The van der Waals surface area contributed by atoms with Crippen molar-refractivity contribution in [2.24, 2.45) is 5.92 Å². The summed E-state index contributed by atoms with van der Waals surface area (Å²) in [4.78, 5) is 0. The van der Waals surface area contributed by atoms with Gasteiger partial charge in [0.2, 0.25) is 0 Å². The molecule has 47 heavy (non-hydrogen) atoms. The average Bonchev–Trinajstić information content (AvgIpc) is 3.56. The van der Waals surface area contributed by atoms with Crippen LogP contribution in [0.2, 0.25) is 9.26 Å². The van der Waals surface area contributed by atoms with Gasteiger partial charge in [-0.3, -0.25) is 0 Å². The van der Waals surface area contributed by atoms with Crippen molar-refractivity contribution in [2.75, 3.05) is 0 Å². The van der Waals surface area contributed by atoms with Crippen LogP contribution >= 0.6 is 24.8 Å². The van der Waals surface area contributed by atoms with Crippen LogP contribution in [0.5, 0.6) is 0 Å². The Balaban J connectivity index is 0.00000250. The summed E-state index contributed by atoms with van der Waals surface area (Å²) in [7, 11) is 0. The molecule has 0 heterocycles. The Kier molecular flexibility index (Phi) is 10.5. The van der Waals surface area contributed by atoms with Gasteiger partial charge in [0.1, 0.15) is 0 Å². The van der Waals surface area contributed by atoms with E-state index in [9.17, 15) is 0 Å². The van der Waals surface area contributed by atoms with E-state index in [-0.39, 0.29) is 24.8 Å². The zero-order valence-electron chi connectivity index (χ0n) is 30.6. The average molecular weight is 761 g/mol. The maximum atomic E-state index is 2.79. The number of hydrogen-bond acceptors (Lipinski definition) is 0. The fourth-order valence-corrected chi connectivity index (χ4v) is 29.8. The predicted octanol–water partition coefficient (Wildman–Crippen LogP) is 12.6. The molecule has 2 aliphatic rings. The molecule has 248 valence electrons. The van der Waals surface area contributed by atoms with E-state index in [4.69, 9.17) is 0 Å². The molecule has 0 bridgehead atoms. The Morgan fingerprint density at radius 2 is 1.04 bits per heavy atom. The van der Waals surface area contributed by atoms with Crippen LogP contribution in [0.1, 0.15) is 89.2 Å². The topological polar surface area (TPSA) is 0 Å². The monoisotopic (exact) mass is 758 g/mol. The summed E-state index contributed by atoms with van der Waals surface area (Å²) < 4.78 is 6.59. The summed E-state index contributed by atoms with van der Waals surface area (Å²) >= 11 is -3.71. The van der Waals surface area contributed by atoms with E-state index >= 15 is 0 Å². The molecule has 0 aromatic heterocycles. The molecule has 2 aliphatic carbocycles. The van der Waals surface area contributed by atoms with Crippen LogP contribution in [0, 0.1) is 54.4 Å². The van der Waals surface area contributed by atoms with Gasteiger partial charge >= 0.3 is 277 Å². The maximum Gasteiger partial charge on any atom is -0.147 e. The Hall–Kier alpha value is -1.96. The van der Waals surface area contributed by atoms with Gasteiger partial charge in [-0.2, -0.15) is 0 Å². The van der Waals surface area contributed by atoms with E-state index in [2.05, 4.69) is 152 Å². The standard InChI is InChI=1S/C21H23.C20H21.2CH3.2ClH.H2Si.Zr/c1-13(2)18-11-17-7-6-8-20(21(17)12-18)19-10-9-14(3)15(4)16(19)5;1-12-10-19-14(3)7-9-18(20(19)11-12)17-8-6-13(2)15(4)16(17)5;;;;;;/h6-13H,1-5H3;6-11H,1-5H3;2*1H3;2*1H;1H2;. The molecule has 2 unspecified atom stereocenters. The molecule has 0 spiro atoms. The van der Waals surface area contributed by atoms with E-state index in [0.29, 0.717) is 13.2 Å². The summed E-state index contributed by atoms with van der Waals surface area (Å²) in [5.74, 6) is 0.504. The first-order valence-corrected chi connectivity index (χ1v) is 30.6. The number of allylic oxidation sites excluding steroid dienone is 2. The van der Waals surface area contributed by atoms with E-state index in [1.807, 2.05) is 0 Å². The number of rotatable bonds is 5. The third-order valence-electron chi connectivity index (χ3n) is 12.0. The van der Waals surface area contributed by atoms with Crippen LogP contribution in [0.25, 0.3) is 34.4 Å². The van der Waals surface area contributed by atoms with E-state index in [1.165, 1.54) is 72.3 Å². The first kappa shape index (κ1) is 37.9. The molecular formula is C43H54Cl2SiZr. The molecule has 0 fully saturated rings. The predicted molar refractivity (Wildman–Crippen MR) is 214 cm³/mol. The van der Waals surface area contributed by atoms with E-state index < -0.39 is 17.4 Å². The maximum absolute atomic E-state index is 3.71. The van der Waals surface area contributed by atoms with Crippen molar-refractivity contribution in [3.63, 3.8) is 0 Å². The fraction of sp³-hybridized carbons (Fsp3) is 0.349. The third kappa shape index (κ3) is 5.88. The summed E-state index contributed by atoms with van der Waals surface area (Å²) in [6.07, 6.45) is 5.20. The van der Waals surface area contributed by atoms with Crippen molar-refractivity contribution in [2.45, 2.75) is 85.8 Å². The van der Waals surface area contributed by atoms with Crippen molar-refractivity contribution in [3.8, 4) is 22.3 Å². The van der Waals surface area contributed by atoms with Crippen LogP contribution in [0.4, 0.5) is 0 Å². The Morgan fingerprint density at radius 3 is 1.57 bits per heavy atom. The van der Waals surface area contributed by atoms with Gasteiger partial charge in [0.05, 0.1) is 0 Å². The van der Waals surface area contributed by atoms with Crippen molar-refractivity contribution in [1.82, 2.24) is 0 Å². The Bertz CT molecular complexity index is 2050. The van der Waals surface area contributed by atoms with Gasteiger partial charge in [0, 0.05) is 0 Å². The van der Waals surface area contributed by atoms with Crippen LogP contribution in [0.3, 0.4) is 0 Å². The number of halogens is 2. The second kappa shape index (κ2) is 13.1. The molecule has 0 radical (unpaired) electrons. The Morgan fingerprint density at radius 1 is 0.553 bits per heavy atom. The molecule has 0 saturated carbocycles. The van der Waals surface area contributed by atoms with Crippen LogP contribution in [0.15, 0.2) is 65.7 Å². The zero-order chi connectivity index (χ0) is 32.8.